The minimum atomic E-state index is -3.74. The lowest BCUT2D eigenvalue weighted by Gasteiger charge is -2.27. The lowest BCUT2D eigenvalue weighted by molar-refractivity contribution is -0.150. The van der Waals surface area contributed by atoms with Crippen molar-refractivity contribution in [3.05, 3.63) is 29.8 Å². The third kappa shape index (κ3) is 5.05. The van der Waals surface area contributed by atoms with Gasteiger partial charge in [0.05, 0.1) is 17.6 Å². The maximum absolute atomic E-state index is 12.6. The molecule has 27 heavy (non-hydrogen) atoms. The molecule has 0 bridgehead atoms. The van der Waals surface area contributed by atoms with Crippen LogP contribution < -0.4 is 10.0 Å². The van der Waals surface area contributed by atoms with E-state index in [2.05, 4.69) is 10.0 Å². The zero-order chi connectivity index (χ0) is 19.9. The number of nitriles is 1. The van der Waals surface area contributed by atoms with Gasteiger partial charge in [0.2, 0.25) is 10.0 Å². The minimum absolute atomic E-state index is 0.00189. The molecule has 1 aliphatic rings. The molecule has 9 heteroatoms. The number of nitrogens with zero attached hydrogens (tertiary/aromatic N) is 1. The molecule has 0 atom stereocenters. The second-order valence-corrected chi connectivity index (χ2v) is 8.06. The molecule has 1 saturated carbocycles. The maximum Gasteiger partial charge on any atom is 0.331 e. The van der Waals surface area contributed by atoms with E-state index in [1.807, 2.05) is 6.07 Å². The molecule has 0 aliphatic heterocycles. The monoisotopic (exact) mass is 393 g/mol. The first kappa shape index (κ1) is 20.9. The number of sulfonamides is 1. The number of rotatable bonds is 8. The number of esters is 1. The first-order valence-corrected chi connectivity index (χ1v) is 10.3. The van der Waals surface area contributed by atoms with Gasteiger partial charge < -0.3 is 10.1 Å². The Hall–Kier alpha value is -2.44. The van der Waals surface area contributed by atoms with Gasteiger partial charge in [0.25, 0.3) is 5.91 Å². The Morgan fingerprint density at radius 1 is 1.22 bits per heavy atom. The summed E-state index contributed by atoms with van der Waals surface area (Å²) < 4.78 is 31.6. The Morgan fingerprint density at radius 3 is 2.41 bits per heavy atom. The zero-order valence-corrected chi connectivity index (χ0v) is 16.0. The average molecular weight is 393 g/mol. The smallest absolute Gasteiger partial charge is 0.331 e. The second-order valence-electron chi connectivity index (χ2n) is 6.29. The number of carbonyl (C=O) groups is 2. The van der Waals surface area contributed by atoms with Crippen LogP contribution in [0.1, 0.15) is 49.4 Å². The van der Waals surface area contributed by atoms with Gasteiger partial charge in [-0.15, -0.1) is 0 Å². The lowest BCUT2D eigenvalue weighted by Crippen LogP contribution is -2.53. The molecule has 1 aromatic carbocycles. The molecule has 0 spiro atoms. The van der Waals surface area contributed by atoms with Crippen LogP contribution in [0, 0.1) is 11.3 Å². The molecule has 0 aromatic heterocycles. The van der Waals surface area contributed by atoms with E-state index < -0.39 is 27.4 Å². The molecular weight excluding hydrogens is 370 g/mol. The first-order valence-electron chi connectivity index (χ1n) is 8.81. The van der Waals surface area contributed by atoms with Crippen LogP contribution in [0.15, 0.2) is 29.2 Å². The van der Waals surface area contributed by atoms with Crippen molar-refractivity contribution in [3.63, 3.8) is 0 Å². The third-order valence-electron chi connectivity index (χ3n) is 4.43. The highest BCUT2D eigenvalue weighted by Gasteiger charge is 2.43. The molecular formula is C18H23N3O5S. The molecule has 1 amide bonds. The van der Waals surface area contributed by atoms with E-state index in [-0.39, 0.29) is 30.0 Å². The summed E-state index contributed by atoms with van der Waals surface area (Å²) in [4.78, 5) is 24.9. The predicted octanol–water partition coefficient (Wildman–Crippen LogP) is 1.48. The molecule has 1 fully saturated rings. The van der Waals surface area contributed by atoms with Crippen molar-refractivity contribution in [1.29, 1.82) is 5.26 Å². The number of amides is 1. The van der Waals surface area contributed by atoms with E-state index in [0.29, 0.717) is 12.8 Å². The largest absolute Gasteiger partial charge is 0.464 e. The van der Waals surface area contributed by atoms with Crippen molar-refractivity contribution < 1.29 is 22.7 Å². The van der Waals surface area contributed by atoms with Crippen LogP contribution in [0.3, 0.4) is 0 Å². The van der Waals surface area contributed by atoms with Crippen LogP contribution in [0.5, 0.6) is 0 Å². The van der Waals surface area contributed by atoms with Crippen LogP contribution >= 0.6 is 0 Å². The Balaban J connectivity index is 2.11. The second kappa shape index (κ2) is 8.97. The molecule has 2 rings (SSSR count). The summed E-state index contributed by atoms with van der Waals surface area (Å²) in [5, 5.41) is 11.3. The van der Waals surface area contributed by atoms with E-state index in [9.17, 15) is 18.0 Å². The molecule has 0 saturated heterocycles. The quantitative estimate of drug-likeness (QED) is 0.509. The van der Waals surface area contributed by atoms with E-state index in [0.717, 1.165) is 12.8 Å². The Bertz CT molecular complexity index is 822. The number of hydrogen-bond donors (Lipinski definition) is 2. The van der Waals surface area contributed by atoms with Crippen LogP contribution in [-0.4, -0.2) is 39.0 Å². The molecule has 8 nitrogen and oxygen atoms in total. The molecule has 146 valence electrons. The Morgan fingerprint density at radius 2 is 1.85 bits per heavy atom. The Kier molecular flexibility index (Phi) is 6.93. The number of hydrogen-bond acceptors (Lipinski definition) is 6. The maximum atomic E-state index is 12.6. The third-order valence-corrected chi connectivity index (χ3v) is 5.91. The summed E-state index contributed by atoms with van der Waals surface area (Å²) in [7, 11) is -3.74. The highest BCUT2D eigenvalue weighted by molar-refractivity contribution is 7.89. The number of carbonyl (C=O) groups excluding carboxylic acids is 2. The van der Waals surface area contributed by atoms with Gasteiger partial charge in [-0.2, -0.15) is 5.26 Å². The van der Waals surface area contributed by atoms with Gasteiger partial charge in [0, 0.05) is 18.5 Å². The van der Waals surface area contributed by atoms with Crippen molar-refractivity contribution in [2.24, 2.45) is 0 Å². The highest BCUT2D eigenvalue weighted by atomic mass is 32.2. The van der Waals surface area contributed by atoms with Gasteiger partial charge in [0.1, 0.15) is 5.54 Å². The fraction of sp³-hybridized carbons (Fsp3) is 0.500. The normalized spacial score (nSPS) is 15.7. The molecule has 1 aromatic rings. The standard InChI is InChI=1S/C18H23N3O5S/c1-2-26-17(23)18(10-3-4-11-18)21-16(22)14-6-8-15(9-7-14)27(24,25)20-13-5-12-19/h6-9,20H,2-5,10-11,13H2,1H3,(H,21,22). The highest BCUT2D eigenvalue weighted by Crippen LogP contribution is 2.31. The predicted molar refractivity (Wildman–Crippen MR) is 97.2 cm³/mol. The summed E-state index contributed by atoms with van der Waals surface area (Å²) in [6, 6.07) is 7.27. The fourth-order valence-electron chi connectivity index (χ4n) is 3.03. The van der Waals surface area contributed by atoms with Gasteiger partial charge in [-0.1, -0.05) is 12.8 Å². The Labute approximate surface area is 158 Å². The van der Waals surface area contributed by atoms with Gasteiger partial charge in [0.15, 0.2) is 0 Å². The van der Waals surface area contributed by atoms with E-state index >= 15 is 0 Å². The molecule has 0 unspecified atom stereocenters. The van der Waals surface area contributed by atoms with Gasteiger partial charge in [-0.05, 0) is 44.0 Å². The summed E-state index contributed by atoms with van der Waals surface area (Å²) in [5.41, 5.74) is -0.766. The molecule has 1 aliphatic carbocycles. The van der Waals surface area contributed by atoms with E-state index in [4.69, 9.17) is 10.00 Å². The average Bonchev–Trinajstić information content (AvgIpc) is 3.12. The number of ether oxygens (including phenoxy) is 1. The molecule has 0 radical (unpaired) electrons. The van der Waals surface area contributed by atoms with Crippen molar-refractivity contribution in [2.75, 3.05) is 13.2 Å². The SMILES string of the molecule is CCOC(=O)C1(NC(=O)c2ccc(S(=O)(=O)NCCC#N)cc2)CCCC1. The number of nitrogens with one attached hydrogen (secondary N) is 2. The topological polar surface area (TPSA) is 125 Å². The summed E-state index contributed by atoms with van der Waals surface area (Å²) in [5.74, 6) is -0.886. The fourth-order valence-corrected chi connectivity index (χ4v) is 4.06. The summed E-state index contributed by atoms with van der Waals surface area (Å²) in [6.45, 7) is 1.97. The number of benzene rings is 1. The molecule has 0 heterocycles. The van der Waals surface area contributed by atoms with Crippen molar-refractivity contribution in [2.45, 2.75) is 49.5 Å². The van der Waals surface area contributed by atoms with E-state index in [1.165, 1.54) is 24.3 Å². The van der Waals surface area contributed by atoms with Crippen LogP contribution in [-0.2, 0) is 19.6 Å². The van der Waals surface area contributed by atoms with Gasteiger partial charge in [-0.25, -0.2) is 17.9 Å². The zero-order valence-electron chi connectivity index (χ0n) is 15.2. The van der Waals surface area contributed by atoms with Gasteiger partial charge in [-0.3, -0.25) is 4.79 Å². The van der Waals surface area contributed by atoms with E-state index in [1.54, 1.807) is 6.92 Å². The summed E-state index contributed by atoms with van der Waals surface area (Å²) in [6.07, 6.45) is 2.75. The lowest BCUT2D eigenvalue weighted by atomic mass is 9.97. The van der Waals surface area contributed by atoms with Crippen LogP contribution in [0.4, 0.5) is 0 Å². The van der Waals surface area contributed by atoms with Crippen molar-refractivity contribution in [1.82, 2.24) is 10.0 Å². The summed E-state index contributed by atoms with van der Waals surface area (Å²) >= 11 is 0. The molecule has 2 N–H and O–H groups in total. The van der Waals surface area contributed by atoms with Crippen LogP contribution in [0.25, 0.3) is 0 Å². The minimum Gasteiger partial charge on any atom is -0.464 e. The van der Waals surface area contributed by atoms with Gasteiger partial charge >= 0.3 is 5.97 Å². The van der Waals surface area contributed by atoms with Crippen LogP contribution in [0.2, 0.25) is 0 Å². The first-order chi connectivity index (χ1) is 12.8. The van der Waals surface area contributed by atoms with Crippen molar-refractivity contribution in [3.8, 4) is 6.07 Å². The van der Waals surface area contributed by atoms with Crippen molar-refractivity contribution >= 4 is 21.9 Å².